The molecule has 0 radical (unpaired) electrons. The molecular formula is C9H19N3O2. The molecule has 0 spiro atoms. The number of carbonyl (C=O) groups is 2. The lowest BCUT2D eigenvalue weighted by molar-refractivity contribution is -0.126. The molecule has 82 valence electrons. The Hall–Kier alpha value is -1.10. The summed E-state index contributed by atoms with van der Waals surface area (Å²) >= 11 is 0. The Balaban J connectivity index is 3.67. The lowest BCUT2D eigenvalue weighted by Crippen LogP contribution is -2.44. The lowest BCUT2D eigenvalue weighted by Gasteiger charge is -2.10. The van der Waals surface area contributed by atoms with Crippen LogP contribution in [0.15, 0.2) is 0 Å². The molecular weight excluding hydrogens is 182 g/mol. The molecule has 0 aliphatic carbocycles. The monoisotopic (exact) mass is 201 g/mol. The van der Waals surface area contributed by atoms with Gasteiger partial charge in [-0.2, -0.15) is 0 Å². The normalized spacial score (nSPS) is 11.9. The van der Waals surface area contributed by atoms with E-state index in [0.29, 0.717) is 6.42 Å². The molecule has 0 saturated carbocycles. The third-order valence-corrected chi connectivity index (χ3v) is 1.91. The van der Waals surface area contributed by atoms with Crippen LogP contribution in [0, 0.1) is 0 Å². The van der Waals surface area contributed by atoms with Gasteiger partial charge in [0.25, 0.3) is 0 Å². The minimum atomic E-state index is -0.500. The van der Waals surface area contributed by atoms with E-state index in [2.05, 4.69) is 10.6 Å². The Morgan fingerprint density at radius 1 is 1.43 bits per heavy atom. The van der Waals surface area contributed by atoms with Crippen LogP contribution < -0.4 is 16.4 Å². The molecule has 0 saturated heterocycles. The van der Waals surface area contributed by atoms with E-state index in [4.69, 9.17) is 5.73 Å². The average Bonchev–Trinajstić information content (AvgIpc) is 2.21. The third kappa shape index (κ3) is 5.53. The molecule has 5 heteroatoms. The van der Waals surface area contributed by atoms with E-state index >= 15 is 0 Å². The van der Waals surface area contributed by atoms with Crippen LogP contribution in [0.1, 0.15) is 26.2 Å². The van der Waals surface area contributed by atoms with Gasteiger partial charge in [0.1, 0.15) is 0 Å². The fraction of sp³-hybridized carbons (Fsp3) is 0.778. The van der Waals surface area contributed by atoms with Crippen LogP contribution in [0.4, 0.5) is 0 Å². The molecule has 0 aliphatic rings. The van der Waals surface area contributed by atoms with Crippen molar-refractivity contribution in [3.05, 3.63) is 0 Å². The maximum atomic E-state index is 11.3. The first-order valence-electron chi connectivity index (χ1n) is 4.85. The number of likely N-dealkylation sites (N-methyl/N-ethyl adjacent to an activating group) is 1. The zero-order chi connectivity index (χ0) is 11.0. The Labute approximate surface area is 84.4 Å². The zero-order valence-electron chi connectivity index (χ0n) is 8.80. The van der Waals surface area contributed by atoms with Crippen molar-refractivity contribution in [1.82, 2.24) is 10.6 Å². The highest BCUT2D eigenvalue weighted by Gasteiger charge is 2.12. The minimum absolute atomic E-state index is 0.00480. The number of hydrogen-bond donors (Lipinski definition) is 3. The standard InChI is InChI=1S/C9H19N3O2/c1-3-4-5-7(10)9(14)12-6-8(13)11-2/h7H,3-6,10H2,1-2H3,(H,11,13)(H,12,14)/t7-/m0/s1. The molecule has 0 aromatic carbocycles. The van der Waals surface area contributed by atoms with Crippen LogP contribution in [0.2, 0.25) is 0 Å². The molecule has 0 rings (SSSR count). The average molecular weight is 201 g/mol. The van der Waals surface area contributed by atoms with Gasteiger partial charge in [0.15, 0.2) is 0 Å². The fourth-order valence-electron chi connectivity index (χ4n) is 0.942. The number of unbranched alkanes of at least 4 members (excludes halogenated alkanes) is 1. The SMILES string of the molecule is CCCC[C@H](N)C(=O)NCC(=O)NC. The van der Waals surface area contributed by atoms with Crippen LogP contribution in [0.3, 0.4) is 0 Å². The predicted molar refractivity (Wildman–Crippen MR) is 54.6 cm³/mol. The highest BCUT2D eigenvalue weighted by molar-refractivity contribution is 5.87. The highest BCUT2D eigenvalue weighted by atomic mass is 16.2. The van der Waals surface area contributed by atoms with E-state index in [1.54, 1.807) is 0 Å². The van der Waals surface area contributed by atoms with E-state index in [1.165, 1.54) is 7.05 Å². The first-order chi connectivity index (χ1) is 6.61. The summed E-state index contributed by atoms with van der Waals surface area (Å²) in [6.07, 6.45) is 2.60. The van der Waals surface area contributed by atoms with Gasteiger partial charge in [-0.1, -0.05) is 19.8 Å². The smallest absolute Gasteiger partial charge is 0.239 e. The van der Waals surface area contributed by atoms with Crippen LogP contribution in [0.25, 0.3) is 0 Å². The van der Waals surface area contributed by atoms with Gasteiger partial charge in [-0.05, 0) is 6.42 Å². The van der Waals surface area contributed by atoms with Crippen molar-refractivity contribution in [3.8, 4) is 0 Å². The molecule has 0 bridgehead atoms. The molecule has 0 aromatic rings. The van der Waals surface area contributed by atoms with Crippen molar-refractivity contribution >= 4 is 11.8 Å². The summed E-state index contributed by atoms with van der Waals surface area (Å²) in [5.41, 5.74) is 5.59. The quantitative estimate of drug-likeness (QED) is 0.535. The Morgan fingerprint density at radius 3 is 2.57 bits per heavy atom. The first-order valence-corrected chi connectivity index (χ1v) is 4.85. The molecule has 14 heavy (non-hydrogen) atoms. The molecule has 0 fully saturated rings. The summed E-state index contributed by atoms with van der Waals surface area (Å²) in [5.74, 6) is -0.483. The van der Waals surface area contributed by atoms with Crippen LogP contribution >= 0.6 is 0 Å². The second-order valence-corrected chi connectivity index (χ2v) is 3.14. The molecule has 0 heterocycles. The number of nitrogens with one attached hydrogen (secondary N) is 2. The van der Waals surface area contributed by atoms with Crippen LogP contribution in [-0.2, 0) is 9.59 Å². The van der Waals surface area contributed by atoms with E-state index in [1.807, 2.05) is 6.92 Å². The van der Waals surface area contributed by atoms with E-state index in [-0.39, 0.29) is 18.4 Å². The maximum Gasteiger partial charge on any atom is 0.239 e. The second-order valence-electron chi connectivity index (χ2n) is 3.14. The predicted octanol–water partition coefficient (Wildman–Crippen LogP) is -0.634. The fourth-order valence-corrected chi connectivity index (χ4v) is 0.942. The molecule has 0 unspecified atom stereocenters. The van der Waals surface area contributed by atoms with Crippen LogP contribution in [-0.4, -0.2) is 31.4 Å². The number of amides is 2. The summed E-state index contributed by atoms with van der Waals surface area (Å²) in [4.78, 5) is 22.0. The molecule has 0 aliphatic heterocycles. The van der Waals surface area contributed by atoms with Crippen molar-refractivity contribution in [1.29, 1.82) is 0 Å². The first kappa shape index (κ1) is 12.9. The topological polar surface area (TPSA) is 84.2 Å². The van der Waals surface area contributed by atoms with E-state index in [9.17, 15) is 9.59 Å². The van der Waals surface area contributed by atoms with Gasteiger partial charge in [-0.3, -0.25) is 9.59 Å². The lowest BCUT2D eigenvalue weighted by atomic mass is 10.1. The number of carbonyl (C=O) groups excluding carboxylic acids is 2. The van der Waals surface area contributed by atoms with Gasteiger partial charge >= 0.3 is 0 Å². The summed E-state index contributed by atoms with van der Waals surface area (Å²) in [6, 6.07) is -0.500. The summed E-state index contributed by atoms with van der Waals surface area (Å²) in [7, 11) is 1.52. The molecule has 0 aromatic heterocycles. The van der Waals surface area contributed by atoms with E-state index < -0.39 is 6.04 Å². The van der Waals surface area contributed by atoms with Gasteiger partial charge < -0.3 is 16.4 Å². The van der Waals surface area contributed by atoms with Gasteiger partial charge in [0.05, 0.1) is 12.6 Å². The Morgan fingerprint density at radius 2 is 2.07 bits per heavy atom. The second kappa shape index (κ2) is 7.32. The summed E-state index contributed by atoms with van der Waals surface area (Å²) in [6.45, 7) is 2.03. The third-order valence-electron chi connectivity index (χ3n) is 1.91. The Kier molecular flexibility index (Phi) is 6.74. The molecule has 5 nitrogen and oxygen atoms in total. The highest BCUT2D eigenvalue weighted by Crippen LogP contribution is 1.97. The number of hydrogen-bond acceptors (Lipinski definition) is 3. The molecule has 1 atom stereocenters. The maximum absolute atomic E-state index is 11.3. The van der Waals surface area contributed by atoms with Crippen molar-refractivity contribution < 1.29 is 9.59 Å². The molecule has 4 N–H and O–H groups in total. The summed E-state index contributed by atoms with van der Waals surface area (Å²) in [5, 5.41) is 4.87. The van der Waals surface area contributed by atoms with Crippen molar-refractivity contribution in [2.24, 2.45) is 5.73 Å². The summed E-state index contributed by atoms with van der Waals surface area (Å²) < 4.78 is 0. The number of rotatable bonds is 6. The van der Waals surface area contributed by atoms with Crippen molar-refractivity contribution in [3.63, 3.8) is 0 Å². The van der Waals surface area contributed by atoms with Gasteiger partial charge in [-0.15, -0.1) is 0 Å². The number of nitrogens with two attached hydrogens (primary N) is 1. The van der Waals surface area contributed by atoms with Gasteiger partial charge in [0.2, 0.25) is 11.8 Å². The Bertz CT molecular complexity index is 194. The molecule has 2 amide bonds. The zero-order valence-corrected chi connectivity index (χ0v) is 8.80. The van der Waals surface area contributed by atoms with Crippen molar-refractivity contribution in [2.75, 3.05) is 13.6 Å². The van der Waals surface area contributed by atoms with Gasteiger partial charge in [0, 0.05) is 7.05 Å². The van der Waals surface area contributed by atoms with Gasteiger partial charge in [-0.25, -0.2) is 0 Å². The minimum Gasteiger partial charge on any atom is -0.358 e. The van der Waals surface area contributed by atoms with Crippen LogP contribution in [0.5, 0.6) is 0 Å². The van der Waals surface area contributed by atoms with E-state index in [0.717, 1.165) is 12.8 Å². The largest absolute Gasteiger partial charge is 0.358 e. The van der Waals surface area contributed by atoms with Crippen molar-refractivity contribution in [2.45, 2.75) is 32.2 Å².